The van der Waals surface area contributed by atoms with Crippen LogP contribution in [-0.2, 0) is 4.79 Å². The van der Waals surface area contributed by atoms with Gasteiger partial charge in [0, 0.05) is 0 Å². The summed E-state index contributed by atoms with van der Waals surface area (Å²) in [7, 11) is 0. The average molecular weight is 293 g/mol. The maximum atomic E-state index is 12.6. The van der Waals surface area contributed by atoms with E-state index in [0.29, 0.717) is 30.9 Å². The summed E-state index contributed by atoms with van der Waals surface area (Å²) < 4.78 is 5.48. The third kappa shape index (κ3) is 3.45. The van der Waals surface area contributed by atoms with Crippen LogP contribution in [0.2, 0.25) is 0 Å². The minimum Gasteiger partial charge on any atom is -0.492 e. The number of ether oxygens (including phenoxy) is 1. The molecule has 0 spiro atoms. The summed E-state index contributed by atoms with van der Waals surface area (Å²) >= 11 is 0. The van der Waals surface area contributed by atoms with E-state index < -0.39 is 5.41 Å². The Labute approximate surface area is 125 Å². The Morgan fingerprint density at radius 1 is 1.33 bits per heavy atom. The van der Waals surface area contributed by atoms with Gasteiger partial charge in [0.2, 0.25) is 5.91 Å². The highest BCUT2D eigenvalue weighted by Gasteiger charge is 2.40. The van der Waals surface area contributed by atoms with E-state index in [0.717, 1.165) is 0 Å². The van der Waals surface area contributed by atoms with Crippen LogP contribution in [0.15, 0.2) is 29.4 Å². The summed E-state index contributed by atoms with van der Waals surface area (Å²) in [5.74, 6) is 0.197. The summed E-state index contributed by atoms with van der Waals surface area (Å²) in [5.41, 5.74) is 5.27. The molecule has 0 saturated carbocycles. The summed E-state index contributed by atoms with van der Waals surface area (Å²) in [4.78, 5) is 12.6. The van der Waals surface area contributed by atoms with Crippen LogP contribution in [-0.4, -0.2) is 23.6 Å². The first kappa shape index (κ1) is 16.8. The first-order valence-electron chi connectivity index (χ1n) is 7.06. The van der Waals surface area contributed by atoms with Gasteiger partial charge in [-0.25, -0.2) is 0 Å². The van der Waals surface area contributed by atoms with Gasteiger partial charge in [-0.1, -0.05) is 31.1 Å². The van der Waals surface area contributed by atoms with Gasteiger partial charge in [0.05, 0.1) is 12.3 Å². The van der Waals surface area contributed by atoms with Crippen molar-refractivity contribution in [3.8, 4) is 5.75 Å². The molecule has 0 aliphatic carbocycles. The molecule has 6 heteroatoms. The predicted octanol–water partition coefficient (Wildman–Crippen LogP) is 2.58. The minimum atomic E-state index is -1.03. The first-order chi connectivity index (χ1) is 10.1. The zero-order valence-electron chi connectivity index (χ0n) is 12.7. The highest BCUT2D eigenvalue weighted by molar-refractivity contribution is 6.12. The lowest BCUT2D eigenvalue weighted by atomic mass is 9.80. The molecular formula is C15H23N3O3. The highest BCUT2D eigenvalue weighted by Crippen LogP contribution is 2.31. The second-order valence-corrected chi connectivity index (χ2v) is 4.66. The number of hydrogen-bond acceptors (Lipinski definition) is 4. The Morgan fingerprint density at radius 3 is 2.48 bits per heavy atom. The molecule has 0 unspecified atom stereocenters. The van der Waals surface area contributed by atoms with Gasteiger partial charge in [-0.05, 0) is 31.9 Å². The van der Waals surface area contributed by atoms with Crippen LogP contribution in [0.25, 0.3) is 0 Å². The van der Waals surface area contributed by atoms with E-state index in [2.05, 4.69) is 10.5 Å². The molecule has 0 aliphatic rings. The molecule has 1 aromatic carbocycles. The molecule has 0 saturated heterocycles. The van der Waals surface area contributed by atoms with Crippen LogP contribution < -0.4 is 15.8 Å². The normalized spacial score (nSPS) is 12.0. The van der Waals surface area contributed by atoms with Gasteiger partial charge in [0.15, 0.2) is 5.84 Å². The lowest BCUT2D eigenvalue weighted by Crippen LogP contribution is -2.46. The maximum absolute atomic E-state index is 12.6. The summed E-state index contributed by atoms with van der Waals surface area (Å²) in [5, 5.41) is 14.8. The summed E-state index contributed by atoms with van der Waals surface area (Å²) in [6.45, 7) is 6.03. The van der Waals surface area contributed by atoms with Crippen molar-refractivity contribution in [3.63, 3.8) is 0 Å². The number of hydrogen-bond donors (Lipinski definition) is 3. The smallest absolute Gasteiger partial charge is 0.238 e. The first-order valence-corrected chi connectivity index (χ1v) is 7.06. The van der Waals surface area contributed by atoms with E-state index >= 15 is 0 Å². The van der Waals surface area contributed by atoms with Crippen LogP contribution in [0.5, 0.6) is 5.75 Å². The van der Waals surface area contributed by atoms with Crippen molar-refractivity contribution in [1.29, 1.82) is 0 Å². The quantitative estimate of drug-likeness (QED) is 0.311. The number of carbonyl (C=O) groups is 1. The number of rotatable bonds is 7. The standard InChI is InChI=1S/C15H23N3O3/c1-4-15(5-2,13(16)18-20)14(19)17-11-9-7-8-10-12(11)21-6-3/h7-10,20H,4-6H2,1-3H3,(H2,16,18)(H,17,19). The lowest BCUT2D eigenvalue weighted by Gasteiger charge is -2.28. The van der Waals surface area contributed by atoms with Gasteiger partial charge >= 0.3 is 0 Å². The fourth-order valence-electron chi connectivity index (χ4n) is 2.24. The van der Waals surface area contributed by atoms with Crippen molar-refractivity contribution >= 4 is 17.4 Å². The number of nitrogens with one attached hydrogen (secondary N) is 1. The Hall–Kier alpha value is -2.24. The number of anilines is 1. The minimum absolute atomic E-state index is 0.0844. The maximum Gasteiger partial charge on any atom is 0.238 e. The molecule has 0 radical (unpaired) electrons. The zero-order chi connectivity index (χ0) is 15.9. The van der Waals surface area contributed by atoms with Crippen LogP contribution >= 0.6 is 0 Å². The molecule has 4 N–H and O–H groups in total. The number of nitrogens with two attached hydrogens (primary N) is 1. The van der Waals surface area contributed by atoms with Gasteiger partial charge in [0.25, 0.3) is 0 Å². The molecule has 0 heterocycles. The molecule has 21 heavy (non-hydrogen) atoms. The number of oxime groups is 1. The van der Waals surface area contributed by atoms with Crippen molar-refractivity contribution in [3.05, 3.63) is 24.3 Å². The Balaban J connectivity index is 3.08. The molecule has 1 aromatic rings. The van der Waals surface area contributed by atoms with E-state index in [1.807, 2.05) is 26.8 Å². The van der Waals surface area contributed by atoms with Crippen molar-refractivity contribution in [1.82, 2.24) is 0 Å². The van der Waals surface area contributed by atoms with Gasteiger partial charge in [-0.3, -0.25) is 4.79 Å². The van der Waals surface area contributed by atoms with Crippen molar-refractivity contribution < 1.29 is 14.7 Å². The number of carbonyl (C=O) groups excluding carboxylic acids is 1. The number of para-hydroxylation sites is 2. The Bertz CT molecular complexity index is 511. The number of amides is 1. The van der Waals surface area contributed by atoms with Crippen molar-refractivity contribution in [2.45, 2.75) is 33.6 Å². The monoisotopic (exact) mass is 293 g/mol. The van der Waals surface area contributed by atoms with E-state index in [9.17, 15) is 4.79 Å². The second-order valence-electron chi connectivity index (χ2n) is 4.66. The van der Waals surface area contributed by atoms with Crippen LogP contribution in [0.3, 0.4) is 0 Å². The summed E-state index contributed by atoms with van der Waals surface area (Å²) in [6.07, 6.45) is 0.865. The molecule has 0 fully saturated rings. The predicted molar refractivity (Wildman–Crippen MR) is 82.7 cm³/mol. The van der Waals surface area contributed by atoms with Gasteiger partial charge in [-0.2, -0.15) is 0 Å². The molecule has 0 aromatic heterocycles. The number of amidine groups is 1. The zero-order valence-corrected chi connectivity index (χ0v) is 12.7. The fourth-order valence-corrected chi connectivity index (χ4v) is 2.24. The third-order valence-electron chi connectivity index (χ3n) is 3.67. The highest BCUT2D eigenvalue weighted by atomic mass is 16.5. The van der Waals surface area contributed by atoms with Crippen LogP contribution in [0.1, 0.15) is 33.6 Å². The Kier molecular flexibility index (Phi) is 6.02. The van der Waals surface area contributed by atoms with Gasteiger partial charge < -0.3 is 21.0 Å². The van der Waals surface area contributed by atoms with E-state index in [1.54, 1.807) is 18.2 Å². The largest absolute Gasteiger partial charge is 0.492 e. The molecule has 0 aliphatic heterocycles. The third-order valence-corrected chi connectivity index (χ3v) is 3.67. The van der Waals surface area contributed by atoms with Crippen LogP contribution in [0.4, 0.5) is 5.69 Å². The van der Waals surface area contributed by atoms with E-state index in [4.69, 9.17) is 15.7 Å². The lowest BCUT2D eigenvalue weighted by molar-refractivity contribution is -0.122. The molecule has 116 valence electrons. The topological polar surface area (TPSA) is 96.9 Å². The second kappa shape index (κ2) is 7.52. The number of benzene rings is 1. The summed E-state index contributed by atoms with van der Waals surface area (Å²) in [6, 6.07) is 7.17. The molecule has 6 nitrogen and oxygen atoms in total. The Morgan fingerprint density at radius 2 is 1.95 bits per heavy atom. The van der Waals surface area contributed by atoms with E-state index in [-0.39, 0.29) is 11.7 Å². The van der Waals surface area contributed by atoms with Gasteiger partial charge in [0.1, 0.15) is 11.2 Å². The molecular weight excluding hydrogens is 270 g/mol. The molecule has 0 bridgehead atoms. The fraction of sp³-hybridized carbons (Fsp3) is 0.467. The number of nitrogens with zero attached hydrogens (tertiary/aromatic N) is 1. The van der Waals surface area contributed by atoms with Crippen molar-refractivity contribution in [2.24, 2.45) is 16.3 Å². The average Bonchev–Trinajstić information content (AvgIpc) is 2.51. The molecule has 1 amide bonds. The van der Waals surface area contributed by atoms with E-state index in [1.165, 1.54) is 0 Å². The van der Waals surface area contributed by atoms with Gasteiger partial charge in [-0.15, -0.1) is 0 Å². The molecule has 1 rings (SSSR count). The van der Waals surface area contributed by atoms with Crippen molar-refractivity contribution in [2.75, 3.05) is 11.9 Å². The molecule has 0 atom stereocenters. The SMILES string of the molecule is CCOc1ccccc1NC(=O)C(CC)(CC)C(N)=NO. The van der Waals surface area contributed by atoms with Crippen LogP contribution in [0, 0.1) is 5.41 Å².